The molecule has 1 aromatic carbocycles. The van der Waals surface area contributed by atoms with Gasteiger partial charge in [-0.15, -0.1) is 0 Å². The molecule has 0 unspecified atom stereocenters. The molecule has 140 valence electrons. The minimum atomic E-state index is -0.555. The summed E-state index contributed by atoms with van der Waals surface area (Å²) in [5, 5.41) is 0.335. The Balaban J connectivity index is 2.96. The van der Waals surface area contributed by atoms with Crippen molar-refractivity contribution in [2.45, 2.75) is 91.6 Å². The number of hydrogen-bond acceptors (Lipinski definition) is 1. The van der Waals surface area contributed by atoms with Gasteiger partial charge in [-0.25, -0.2) is 4.76 Å². The molecular formula is C21H36N3P. The maximum Gasteiger partial charge on any atom is 0.210 e. The Hall–Kier alpha value is -1.08. The van der Waals surface area contributed by atoms with Crippen LogP contribution in [0.4, 0.5) is 0 Å². The van der Waals surface area contributed by atoms with E-state index in [1.807, 2.05) is 0 Å². The van der Waals surface area contributed by atoms with E-state index in [2.05, 4.69) is 103 Å². The van der Waals surface area contributed by atoms with Gasteiger partial charge in [-0.3, -0.25) is 0 Å². The van der Waals surface area contributed by atoms with Crippen molar-refractivity contribution >= 4 is 19.1 Å². The van der Waals surface area contributed by atoms with Crippen LogP contribution in [-0.2, 0) is 0 Å². The number of para-hydroxylation sites is 2. The predicted molar refractivity (Wildman–Crippen MR) is 113 cm³/mol. The fourth-order valence-electron chi connectivity index (χ4n) is 3.71. The van der Waals surface area contributed by atoms with Gasteiger partial charge in [0.05, 0.1) is 11.0 Å². The topological polar surface area (TPSA) is 22.2 Å². The summed E-state index contributed by atoms with van der Waals surface area (Å²) in [4.78, 5) is 0. The first-order valence-corrected chi connectivity index (χ1v) is 10.7. The van der Waals surface area contributed by atoms with E-state index in [1.165, 1.54) is 11.0 Å². The monoisotopic (exact) mass is 361 g/mol. The molecule has 0 saturated heterocycles. The molecule has 0 atom stereocenters. The number of aromatic nitrogens is 2. The van der Waals surface area contributed by atoms with E-state index < -0.39 is 8.07 Å². The molecule has 0 aliphatic heterocycles. The molecular weight excluding hydrogens is 325 g/mol. The van der Waals surface area contributed by atoms with Gasteiger partial charge in [0.1, 0.15) is 0 Å². The van der Waals surface area contributed by atoms with Gasteiger partial charge in [-0.2, -0.15) is 0 Å². The third-order valence-electron chi connectivity index (χ3n) is 4.32. The van der Waals surface area contributed by atoms with Gasteiger partial charge >= 0.3 is 0 Å². The molecule has 0 spiro atoms. The van der Waals surface area contributed by atoms with Crippen LogP contribution in [-0.4, -0.2) is 19.4 Å². The highest BCUT2D eigenvalue weighted by molar-refractivity contribution is 7.59. The van der Waals surface area contributed by atoms with Crippen LogP contribution in [0.2, 0.25) is 0 Å². The van der Waals surface area contributed by atoms with E-state index in [0.29, 0.717) is 12.1 Å². The third kappa shape index (κ3) is 4.03. The van der Waals surface area contributed by atoms with Crippen LogP contribution >= 0.6 is 8.07 Å². The maximum absolute atomic E-state index is 5.47. The molecule has 0 fully saturated rings. The number of imidazole rings is 1. The summed E-state index contributed by atoms with van der Waals surface area (Å²) in [6, 6.07) is 9.46. The van der Waals surface area contributed by atoms with Crippen molar-refractivity contribution in [3.63, 3.8) is 0 Å². The normalized spacial score (nSPS) is 13.5. The average molecular weight is 362 g/mol. The standard InChI is InChI=1S/C21H36N3P/c1-15(2)23-17-13-11-12-14-18(17)24(16(3)4)19(23)22-25(20(5,6)7)21(8,9)10/h11-16H,1-10H3. The molecule has 0 N–H and O–H groups in total. The Bertz CT molecular complexity index is 733. The minimum absolute atomic E-state index is 0.167. The van der Waals surface area contributed by atoms with Gasteiger partial charge in [0.2, 0.25) is 5.62 Å². The van der Waals surface area contributed by atoms with Crippen LogP contribution in [0.3, 0.4) is 0 Å². The first kappa shape index (κ1) is 20.2. The van der Waals surface area contributed by atoms with Gasteiger partial charge < -0.3 is 9.13 Å². The van der Waals surface area contributed by atoms with E-state index in [1.54, 1.807) is 0 Å². The Morgan fingerprint density at radius 1 is 0.760 bits per heavy atom. The highest BCUT2D eigenvalue weighted by atomic mass is 31.1. The van der Waals surface area contributed by atoms with Crippen molar-refractivity contribution in [3.8, 4) is 0 Å². The van der Waals surface area contributed by atoms with Crippen LogP contribution < -0.4 is 5.62 Å². The van der Waals surface area contributed by atoms with Gasteiger partial charge in [-0.05, 0) is 39.8 Å². The van der Waals surface area contributed by atoms with E-state index in [9.17, 15) is 0 Å². The molecule has 1 heterocycles. The van der Waals surface area contributed by atoms with Crippen molar-refractivity contribution in [1.29, 1.82) is 0 Å². The summed E-state index contributed by atoms with van der Waals surface area (Å²) in [5.74, 6) is 0. The van der Waals surface area contributed by atoms with E-state index in [-0.39, 0.29) is 10.3 Å². The van der Waals surface area contributed by atoms with Gasteiger partial charge in [0.25, 0.3) is 0 Å². The molecule has 0 aliphatic rings. The molecule has 2 aromatic rings. The second-order valence-electron chi connectivity index (χ2n) is 9.47. The van der Waals surface area contributed by atoms with E-state index >= 15 is 0 Å². The lowest BCUT2D eigenvalue weighted by Crippen LogP contribution is -2.31. The van der Waals surface area contributed by atoms with E-state index in [4.69, 9.17) is 4.76 Å². The third-order valence-corrected chi connectivity index (χ3v) is 7.25. The average Bonchev–Trinajstić information content (AvgIpc) is 2.76. The van der Waals surface area contributed by atoms with Crippen LogP contribution in [0.1, 0.15) is 81.3 Å². The number of benzene rings is 1. The molecule has 1 aromatic heterocycles. The van der Waals surface area contributed by atoms with Crippen molar-refractivity contribution in [2.75, 3.05) is 0 Å². The fraction of sp³-hybridized carbons (Fsp3) is 0.667. The molecule has 25 heavy (non-hydrogen) atoms. The van der Waals surface area contributed by atoms with Crippen molar-refractivity contribution < 1.29 is 0 Å². The van der Waals surface area contributed by atoms with Gasteiger partial charge in [0.15, 0.2) is 0 Å². The summed E-state index contributed by atoms with van der Waals surface area (Å²) < 4.78 is 10.3. The second kappa shape index (κ2) is 6.91. The Labute approximate surface area is 155 Å². The Morgan fingerprint density at radius 3 is 1.40 bits per heavy atom. The molecule has 2 rings (SSSR count). The lowest BCUT2D eigenvalue weighted by atomic mass is 10.2. The molecule has 0 saturated carbocycles. The van der Waals surface area contributed by atoms with Crippen molar-refractivity contribution in [3.05, 3.63) is 29.9 Å². The lowest BCUT2D eigenvalue weighted by molar-refractivity contribution is 0.522. The number of rotatable bonds is 3. The van der Waals surface area contributed by atoms with Gasteiger partial charge in [-0.1, -0.05) is 53.7 Å². The molecule has 0 aliphatic carbocycles. The lowest BCUT2D eigenvalue weighted by Gasteiger charge is -2.37. The zero-order chi connectivity index (χ0) is 19.2. The minimum Gasteiger partial charge on any atom is -0.307 e. The molecule has 0 radical (unpaired) electrons. The van der Waals surface area contributed by atoms with Crippen LogP contribution in [0.25, 0.3) is 11.0 Å². The Morgan fingerprint density at radius 2 is 1.12 bits per heavy atom. The fourth-order valence-corrected chi connectivity index (χ4v) is 6.70. The predicted octanol–water partition coefficient (Wildman–Crippen LogP) is 6.50. The van der Waals surface area contributed by atoms with Crippen LogP contribution in [0.15, 0.2) is 29.0 Å². The number of fused-ring (bicyclic) bond motifs is 1. The first-order chi connectivity index (χ1) is 11.4. The Kier molecular flexibility index (Phi) is 5.59. The quantitative estimate of drug-likeness (QED) is 0.557. The number of nitrogens with zero attached hydrogens (tertiary/aromatic N) is 3. The van der Waals surface area contributed by atoms with Crippen molar-refractivity contribution in [2.24, 2.45) is 4.76 Å². The molecule has 4 heteroatoms. The highest BCUT2D eigenvalue weighted by Gasteiger charge is 2.35. The molecule has 0 amide bonds. The van der Waals surface area contributed by atoms with Crippen LogP contribution in [0.5, 0.6) is 0 Å². The maximum atomic E-state index is 5.47. The smallest absolute Gasteiger partial charge is 0.210 e. The highest BCUT2D eigenvalue weighted by Crippen LogP contribution is 2.60. The van der Waals surface area contributed by atoms with Gasteiger partial charge in [0, 0.05) is 30.5 Å². The summed E-state index contributed by atoms with van der Waals surface area (Å²) in [6.07, 6.45) is 0. The van der Waals surface area contributed by atoms with E-state index in [0.717, 1.165) is 5.62 Å². The summed E-state index contributed by atoms with van der Waals surface area (Å²) in [5.41, 5.74) is 3.69. The molecule has 0 bridgehead atoms. The zero-order valence-electron chi connectivity index (χ0n) is 17.8. The number of hydrogen-bond donors (Lipinski definition) is 0. The first-order valence-electron chi connectivity index (χ1n) is 9.42. The second-order valence-corrected chi connectivity index (χ2v) is 13.0. The van der Waals surface area contributed by atoms with Crippen LogP contribution in [0, 0.1) is 0 Å². The summed E-state index contributed by atoms with van der Waals surface area (Å²) in [7, 11) is -0.555. The largest absolute Gasteiger partial charge is 0.307 e. The van der Waals surface area contributed by atoms with Crippen molar-refractivity contribution in [1.82, 2.24) is 9.13 Å². The summed E-state index contributed by atoms with van der Waals surface area (Å²) in [6.45, 7) is 23.0. The SMILES string of the molecule is CC(C)n1c(=NP(C(C)(C)C)C(C)(C)C)n(C(C)C)c2ccccc21. The zero-order valence-corrected chi connectivity index (χ0v) is 18.6. The summed E-state index contributed by atoms with van der Waals surface area (Å²) >= 11 is 0. The molecule has 3 nitrogen and oxygen atoms in total.